The summed E-state index contributed by atoms with van der Waals surface area (Å²) in [6.45, 7) is 11.3. The third kappa shape index (κ3) is 7.04. The van der Waals surface area contributed by atoms with Crippen LogP contribution in [-0.2, 0) is 10.8 Å². The predicted molar refractivity (Wildman–Crippen MR) is 212 cm³/mol. The van der Waals surface area contributed by atoms with Gasteiger partial charge in [-0.15, -0.1) is 0 Å². The summed E-state index contributed by atoms with van der Waals surface area (Å²) in [5.41, 5.74) is 10.6. The maximum atomic E-state index is 11.0. The zero-order chi connectivity index (χ0) is 35.6. The first kappa shape index (κ1) is 33.5. The van der Waals surface area contributed by atoms with E-state index < -0.39 is 0 Å². The summed E-state index contributed by atoms with van der Waals surface area (Å²) < 4.78 is 0. The van der Waals surface area contributed by atoms with Gasteiger partial charge in [0, 0.05) is 34.1 Å². The SMILES string of the molecule is CC(C)(C)c1cc(-c2cc(-c3cccc(C(C)(C)c4ccccc4)c3)cc(-c3ccccc3O)n2)cc(N(c2ccccc2)c2ccccn2)c1. The van der Waals surface area contributed by atoms with Crippen LogP contribution in [0.25, 0.3) is 33.6 Å². The highest BCUT2D eigenvalue weighted by Crippen LogP contribution is 2.41. The van der Waals surface area contributed by atoms with Gasteiger partial charge in [0.2, 0.25) is 0 Å². The van der Waals surface area contributed by atoms with E-state index in [1.807, 2.05) is 48.7 Å². The molecule has 0 aliphatic carbocycles. The Kier molecular flexibility index (Phi) is 9.01. The maximum Gasteiger partial charge on any atom is 0.137 e. The van der Waals surface area contributed by atoms with Gasteiger partial charge in [-0.05, 0) is 100.0 Å². The van der Waals surface area contributed by atoms with E-state index in [0.717, 1.165) is 39.6 Å². The standard InChI is InChI=1S/C47H43N3O/c1-46(2,3)38-28-35(29-40(32-38)50(39-21-10-7-11-22-39)45-25-14-15-26-48-45)42-30-34(31-43(49-42)41-23-12-13-24-44(41)51)33-17-16-20-37(27-33)47(4,5)36-18-8-6-9-19-36/h6-32,51H,1-5H3. The minimum atomic E-state index is -0.198. The Labute approximate surface area is 301 Å². The van der Waals surface area contributed by atoms with Crippen LogP contribution in [0.1, 0.15) is 51.3 Å². The molecular formula is C47H43N3O. The van der Waals surface area contributed by atoms with Crippen molar-refractivity contribution in [2.75, 3.05) is 4.90 Å². The second-order valence-corrected chi connectivity index (χ2v) is 14.6. The van der Waals surface area contributed by atoms with Gasteiger partial charge in [-0.1, -0.05) is 126 Å². The van der Waals surface area contributed by atoms with Gasteiger partial charge in [0.05, 0.1) is 11.4 Å². The fourth-order valence-corrected chi connectivity index (χ4v) is 6.58. The fraction of sp³-hybridized carbons (Fsp3) is 0.149. The van der Waals surface area contributed by atoms with E-state index in [1.54, 1.807) is 6.07 Å². The number of nitrogens with zero attached hydrogens (tertiary/aromatic N) is 3. The molecule has 2 heterocycles. The number of anilines is 3. The smallest absolute Gasteiger partial charge is 0.137 e. The monoisotopic (exact) mass is 665 g/mol. The van der Waals surface area contributed by atoms with Crippen molar-refractivity contribution in [3.8, 4) is 39.4 Å². The van der Waals surface area contributed by atoms with Gasteiger partial charge >= 0.3 is 0 Å². The van der Waals surface area contributed by atoms with Crippen LogP contribution < -0.4 is 4.90 Å². The van der Waals surface area contributed by atoms with Crippen molar-refractivity contribution in [3.05, 3.63) is 181 Å². The van der Waals surface area contributed by atoms with Crippen molar-refractivity contribution in [1.82, 2.24) is 9.97 Å². The molecule has 1 N–H and O–H groups in total. The molecule has 4 heteroatoms. The first-order valence-electron chi connectivity index (χ1n) is 17.5. The molecule has 0 radical (unpaired) electrons. The van der Waals surface area contributed by atoms with E-state index in [4.69, 9.17) is 9.97 Å². The zero-order valence-electron chi connectivity index (χ0n) is 29.9. The molecule has 51 heavy (non-hydrogen) atoms. The Morgan fingerprint density at radius 2 is 1.14 bits per heavy atom. The summed E-state index contributed by atoms with van der Waals surface area (Å²) in [7, 11) is 0. The van der Waals surface area contributed by atoms with Crippen LogP contribution in [0, 0.1) is 0 Å². The van der Waals surface area contributed by atoms with Crippen LogP contribution in [0.15, 0.2) is 164 Å². The van der Waals surface area contributed by atoms with Crippen molar-refractivity contribution in [2.24, 2.45) is 0 Å². The van der Waals surface area contributed by atoms with Gasteiger partial charge in [-0.25, -0.2) is 9.97 Å². The summed E-state index contributed by atoms with van der Waals surface area (Å²) in [5.74, 6) is 1.02. The Morgan fingerprint density at radius 3 is 1.84 bits per heavy atom. The molecule has 0 aliphatic rings. The fourth-order valence-electron chi connectivity index (χ4n) is 6.58. The highest BCUT2D eigenvalue weighted by atomic mass is 16.3. The molecule has 0 fully saturated rings. The number of benzene rings is 5. The molecule has 0 atom stereocenters. The van der Waals surface area contributed by atoms with Gasteiger partial charge in [0.1, 0.15) is 11.6 Å². The Morgan fingerprint density at radius 1 is 0.490 bits per heavy atom. The lowest BCUT2D eigenvalue weighted by atomic mass is 9.77. The molecule has 0 saturated carbocycles. The zero-order valence-corrected chi connectivity index (χ0v) is 29.9. The molecule has 0 aliphatic heterocycles. The van der Waals surface area contributed by atoms with Crippen LogP contribution in [0.4, 0.5) is 17.2 Å². The Balaban J connectivity index is 1.44. The van der Waals surface area contributed by atoms with Crippen molar-refractivity contribution in [2.45, 2.75) is 45.4 Å². The molecule has 5 aromatic carbocycles. The number of hydrogen-bond acceptors (Lipinski definition) is 4. The quantitative estimate of drug-likeness (QED) is 0.175. The molecule has 0 unspecified atom stereocenters. The van der Waals surface area contributed by atoms with Gasteiger partial charge in [-0.3, -0.25) is 4.90 Å². The average molecular weight is 666 g/mol. The summed E-state index contributed by atoms with van der Waals surface area (Å²) in [6, 6.07) is 54.2. The molecule has 2 aromatic heterocycles. The molecule has 0 saturated heterocycles. The topological polar surface area (TPSA) is 49.3 Å². The third-order valence-electron chi connectivity index (χ3n) is 9.65. The van der Waals surface area contributed by atoms with Crippen molar-refractivity contribution in [3.63, 3.8) is 0 Å². The molecule has 4 nitrogen and oxygen atoms in total. The van der Waals surface area contributed by atoms with Gasteiger partial charge in [0.25, 0.3) is 0 Å². The third-order valence-corrected chi connectivity index (χ3v) is 9.65. The van der Waals surface area contributed by atoms with Crippen molar-refractivity contribution in [1.29, 1.82) is 0 Å². The van der Waals surface area contributed by atoms with E-state index in [9.17, 15) is 5.11 Å². The summed E-state index contributed by atoms with van der Waals surface area (Å²) in [6.07, 6.45) is 1.83. The van der Waals surface area contributed by atoms with Gasteiger partial charge in [-0.2, -0.15) is 0 Å². The Bertz CT molecular complexity index is 2230. The lowest BCUT2D eigenvalue weighted by molar-refractivity contribution is 0.477. The largest absolute Gasteiger partial charge is 0.507 e. The normalized spacial score (nSPS) is 11.7. The van der Waals surface area contributed by atoms with E-state index in [2.05, 4.69) is 149 Å². The molecule has 7 rings (SSSR count). The molecular weight excluding hydrogens is 623 g/mol. The van der Waals surface area contributed by atoms with E-state index in [1.165, 1.54) is 16.7 Å². The minimum absolute atomic E-state index is 0.146. The molecule has 252 valence electrons. The van der Waals surface area contributed by atoms with Crippen LogP contribution in [0.5, 0.6) is 5.75 Å². The summed E-state index contributed by atoms with van der Waals surface area (Å²) in [4.78, 5) is 12.2. The summed E-state index contributed by atoms with van der Waals surface area (Å²) in [5, 5.41) is 11.0. The van der Waals surface area contributed by atoms with Crippen LogP contribution in [0.3, 0.4) is 0 Å². The number of pyridine rings is 2. The number of phenolic OH excluding ortho intramolecular Hbond substituents is 1. The van der Waals surface area contributed by atoms with Crippen molar-refractivity contribution >= 4 is 17.2 Å². The van der Waals surface area contributed by atoms with E-state index in [0.29, 0.717) is 11.3 Å². The molecule has 0 amide bonds. The highest BCUT2D eigenvalue weighted by Gasteiger charge is 2.24. The van der Waals surface area contributed by atoms with Gasteiger partial charge in [0.15, 0.2) is 0 Å². The number of phenols is 1. The second-order valence-electron chi connectivity index (χ2n) is 14.6. The minimum Gasteiger partial charge on any atom is -0.507 e. The van der Waals surface area contributed by atoms with Crippen LogP contribution >= 0.6 is 0 Å². The summed E-state index contributed by atoms with van der Waals surface area (Å²) >= 11 is 0. The lowest BCUT2D eigenvalue weighted by Gasteiger charge is -2.28. The average Bonchev–Trinajstić information content (AvgIpc) is 3.16. The lowest BCUT2D eigenvalue weighted by Crippen LogP contribution is -2.18. The van der Waals surface area contributed by atoms with Crippen molar-refractivity contribution < 1.29 is 5.11 Å². The number of rotatable bonds is 8. The first-order valence-corrected chi connectivity index (χ1v) is 17.5. The number of hydrogen-bond donors (Lipinski definition) is 1. The first-order chi connectivity index (χ1) is 24.6. The van der Waals surface area contributed by atoms with Crippen LogP contribution in [-0.4, -0.2) is 15.1 Å². The number of para-hydroxylation sites is 2. The maximum absolute atomic E-state index is 11.0. The van der Waals surface area contributed by atoms with Crippen LogP contribution in [0.2, 0.25) is 0 Å². The second kappa shape index (κ2) is 13.7. The number of aromatic hydroxyl groups is 1. The molecule has 0 bridgehead atoms. The van der Waals surface area contributed by atoms with Gasteiger partial charge < -0.3 is 5.11 Å². The van der Waals surface area contributed by atoms with E-state index >= 15 is 0 Å². The predicted octanol–water partition coefficient (Wildman–Crippen LogP) is 12.3. The highest BCUT2D eigenvalue weighted by molar-refractivity contribution is 5.82. The molecule has 0 spiro atoms. The Hall–Kier alpha value is -6.00. The number of aromatic nitrogens is 2. The molecule has 7 aromatic rings. The van der Waals surface area contributed by atoms with E-state index in [-0.39, 0.29) is 16.6 Å².